The van der Waals surface area contributed by atoms with Gasteiger partial charge in [-0.25, -0.2) is 0 Å². The Balaban J connectivity index is 2.50. The third-order valence-corrected chi connectivity index (χ3v) is 2.69. The number of para-hydroxylation sites is 1. The Bertz CT molecular complexity index is 545. The summed E-state index contributed by atoms with van der Waals surface area (Å²) >= 11 is 0. The lowest BCUT2D eigenvalue weighted by molar-refractivity contribution is 0.112. The van der Waals surface area contributed by atoms with Gasteiger partial charge in [-0.05, 0) is 25.8 Å². The van der Waals surface area contributed by atoms with Crippen LogP contribution < -0.4 is 0 Å². The maximum Gasteiger partial charge on any atom is 0.152 e. The van der Waals surface area contributed by atoms with Crippen LogP contribution in [0.2, 0.25) is 0 Å². The van der Waals surface area contributed by atoms with Crippen LogP contribution in [-0.4, -0.2) is 11.3 Å². The number of hydrogen-bond donors (Lipinski definition) is 1. The van der Waals surface area contributed by atoms with Crippen LogP contribution >= 0.6 is 0 Å². The third-order valence-electron chi connectivity index (χ3n) is 2.69. The first-order valence-corrected chi connectivity index (χ1v) is 5.40. The molecule has 0 radical (unpaired) electrons. The number of allylic oxidation sites excluding steroid dienone is 2. The Morgan fingerprint density at radius 2 is 2.19 bits per heavy atom. The molecule has 0 saturated carbocycles. The minimum atomic E-state index is 0.731. The molecule has 0 aliphatic carbocycles. The summed E-state index contributed by atoms with van der Waals surface area (Å²) in [7, 11) is 0. The van der Waals surface area contributed by atoms with E-state index in [0.717, 1.165) is 29.2 Å². The molecule has 0 bridgehead atoms. The molecule has 0 spiro atoms. The number of carbonyl (C=O) groups is 1. The monoisotopic (exact) mass is 213 g/mol. The fraction of sp³-hybridized carbons (Fsp3) is 0.214. The summed E-state index contributed by atoms with van der Waals surface area (Å²) in [5, 5.41) is 1.01. The summed E-state index contributed by atoms with van der Waals surface area (Å²) in [6.07, 6.45) is 5.75. The number of benzene rings is 1. The Hall–Kier alpha value is -1.83. The summed E-state index contributed by atoms with van der Waals surface area (Å²) in [5.41, 5.74) is 4.34. The molecular weight excluding hydrogens is 198 g/mol. The minimum absolute atomic E-state index is 0.731. The number of carbonyl (C=O) groups excluding carboxylic acids is 1. The van der Waals surface area contributed by atoms with Gasteiger partial charge >= 0.3 is 0 Å². The number of hydrogen-bond acceptors (Lipinski definition) is 1. The van der Waals surface area contributed by atoms with Crippen molar-refractivity contribution in [2.24, 2.45) is 0 Å². The van der Waals surface area contributed by atoms with Crippen molar-refractivity contribution in [1.29, 1.82) is 0 Å². The van der Waals surface area contributed by atoms with Crippen molar-refractivity contribution in [2.75, 3.05) is 0 Å². The zero-order valence-corrected chi connectivity index (χ0v) is 9.58. The van der Waals surface area contributed by atoms with Gasteiger partial charge in [-0.3, -0.25) is 4.79 Å². The van der Waals surface area contributed by atoms with Gasteiger partial charge in [0.2, 0.25) is 0 Å². The highest BCUT2D eigenvalue weighted by Crippen LogP contribution is 2.21. The van der Waals surface area contributed by atoms with Crippen LogP contribution in [0.1, 0.15) is 29.8 Å². The van der Waals surface area contributed by atoms with Crippen molar-refractivity contribution in [2.45, 2.75) is 20.3 Å². The van der Waals surface area contributed by atoms with Crippen LogP contribution in [0, 0.1) is 0 Å². The van der Waals surface area contributed by atoms with Crippen molar-refractivity contribution < 1.29 is 4.79 Å². The molecule has 1 aromatic carbocycles. The lowest BCUT2D eigenvalue weighted by Gasteiger charge is -2.00. The first-order valence-electron chi connectivity index (χ1n) is 5.40. The van der Waals surface area contributed by atoms with Crippen molar-refractivity contribution in [3.8, 4) is 0 Å². The smallest absolute Gasteiger partial charge is 0.152 e. The fourth-order valence-corrected chi connectivity index (χ4v) is 1.82. The van der Waals surface area contributed by atoms with Gasteiger partial charge < -0.3 is 4.98 Å². The van der Waals surface area contributed by atoms with Crippen LogP contribution in [0.25, 0.3) is 10.9 Å². The summed E-state index contributed by atoms with van der Waals surface area (Å²) in [6, 6.07) is 6.06. The molecule has 2 nitrogen and oxygen atoms in total. The highest BCUT2D eigenvalue weighted by molar-refractivity contribution is 5.98. The largest absolute Gasteiger partial charge is 0.360 e. The Morgan fingerprint density at radius 3 is 2.88 bits per heavy atom. The summed E-state index contributed by atoms with van der Waals surface area (Å²) in [5.74, 6) is 0. The van der Waals surface area contributed by atoms with Gasteiger partial charge in [0.05, 0.1) is 0 Å². The predicted molar refractivity (Wildman–Crippen MR) is 66.8 cm³/mol. The van der Waals surface area contributed by atoms with Crippen LogP contribution in [0.15, 0.2) is 36.0 Å². The van der Waals surface area contributed by atoms with E-state index in [0.29, 0.717) is 0 Å². The molecule has 0 fully saturated rings. The molecule has 0 saturated heterocycles. The van der Waals surface area contributed by atoms with E-state index < -0.39 is 0 Å². The van der Waals surface area contributed by atoms with Crippen LogP contribution in [0.5, 0.6) is 0 Å². The second kappa shape index (κ2) is 4.35. The van der Waals surface area contributed by atoms with Gasteiger partial charge in [0.1, 0.15) is 0 Å². The van der Waals surface area contributed by atoms with Gasteiger partial charge in [0, 0.05) is 22.7 Å². The first-order chi connectivity index (χ1) is 7.72. The van der Waals surface area contributed by atoms with Gasteiger partial charge in [0.25, 0.3) is 0 Å². The molecule has 2 heteroatoms. The minimum Gasteiger partial charge on any atom is -0.360 e. The van der Waals surface area contributed by atoms with Crippen LogP contribution in [0.3, 0.4) is 0 Å². The van der Waals surface area contributed by atoms with Gasteiger partial charge in [-0.1, -0.05) is 29.8 Å². The Labute approximate surface area is 95.0 Å². The van der Waals surface area contributed by atoms with Crippen LogP contribution in [-0.2, 0) is 6.42 Å². The van der Waals surface area contributed by atoms with E-state index in [2.05, 4.69) is 31.0 Å². The zero-order valence-electron chi connectivity index (χ0n) is 9.58. The maximum atomic E-state index is 10.8. The van der Waals surface area contributed by atoms with Crippen LogP contribution in [0.4, 0.5) is 0 Å². The Kier molecular flexibility index (Phi) is 2.91. The normalized spacial score (nSPS) is 10.4. The molecule has 0 aliphatic heterocycles. The molecule has 0 aliphatic rings. The van der Waals surface area contributed by atoms with E-state index >= 15 is 0 Å². The fourth-order valence-electron chi connectivity index (χ4n) is 1.82. The lowest BCUT2D eigenvalue weighted by atomic mass is 10.1. The van der Waals surface area contributed by atoms with Crippen molar-refractivity contribution in [3.63, 3.8) is 0 Å². The molecule has 1 N–H and O–H groups in total. The quantitative estimate of drug-likeness (QED) is 0.614. The number of fused-ring (bicyclic) bond motifs is 1. The van der Waals surface area contributed by atoms with Gasteiger partial charge in [0.15, 0.2) is 6.29 Å². The molecule has 82 valence electrons. The number of aromatic amines is 1. The van der Waals surface area contributed by atoms with Crippen molar-refractivity contribution >= 4 is 17.2 Å². The van der Waals surface area contributed by atoms with Gasteiger partial charge in [-0.15, -0.1) is 0 Å². The second-order valence-corrected chi connectivity index (χ2v) is 4.19. The summed E-state index contributed by atoms with van der Waals surface area (Å²) < 4.78 is 0. The molecule has 2 rings (SSSR count). The number of H-pyrrole nitrogens is 1. The third kappa shape index (κ3) is 1.91. The standard InChI is InChI=1S/C14H15NO/c1-10(2)6-7-11-4-3-5-13-12(9-16)8-15-14(11)13/h3-6,8-9,15H,7H2,1-2H3. The topological polar surface area (TPSA) is 32.9 Å². The molecule has 0 unspecified atom stereocenters. The van der Waals surface area contributed by atoms with E-state index in [9.17, 15) is 4.79 Å². The average Bonchev–Trinajstić information content (AvgIpc) is 2.69. The highest BCUT2D eigenvalue weighted by atomic mass is 16.1. The number of aromatic nitrogens is 1. The van der Waals surface area contributed by atoms with E-state index in [-0.39, 0.29) is 0 Å². The highest BCUT2D eigenvalue weighted by Gasteiger charge is 2.05. The average molecular weight is 213 g/mol. The number of rotatable bonds is 3. The molecule has 2 aromatic rings. The van der Waals surface area contributed by atoms with E-state index in [1.165, 1.54) is 11.1 Å². The number of aldehydes is 1. The molecule has 1 aromatic heterocycles. The predicted octanol–water partition coefficient (Wildman–Crippen LogP) is 3.49. The van der Waals surface area contributed by atoms with Gasteiger partial charge in [-0.2, -0.15) is 0 Å². The number of nitrogens with one attached hydrogen (secondary N) is 1. The zero-order chi connectivity index (χ0) is 11.5. The SMILES string of the molecule is CC(C)=CCc1cccc2c(C=O)c[nH]c12. The molecule has 0 amide bonds. The van der Waals surface area contributed by atoms with E-state index in [1.54, 1.807) is 6.20 Å². The first kappa shape index (κ1) is 10.7. The van der Waals surface area contributed by atoms with E-state index in [4.69, 9.17) is 0 Å². The van der Waals surface area contributed by atoms with Crippen molar-refractivity contribution in [3.05, 3.63) is 47.2 Å². The second-order valence-electron chi connectivity index (χ2n) is 4.19. The molecular formula is C14H15NO. The van der Waals surface area contributed by atoms with Crippen molar-refractivity contribution in [1.82, 2.24) is 4.98 Å². The van der Waals surface area contributed by atoms with E-state index in [1.807, 2.05) is 12.1 Å². The molecule has 1 heterocycles. The summed E-state index contributed by atoms with van der Waals surface area (Å²) in [6.45, 7) is 4.18. The lowest BCUT2D eigenvalue weighted by Crippen LogP contribution is -1.84. The maximum absolute atomic E-state index is 10.8. The molecule has 16 heavy (non-hydrogen) atoms. The Morgan fingerprint density at radius 1 is 1.38 bits per heavy atom. The molecule has 0 atom stereocenters. The summed E-state index contributed by atoms with van der Waals surface area (Å²) in [4.78, 5) is 14.0.